The number of esters is 3. The van der Waals surface area contributed by atoms with Gasteiger partial charge in [-0.2, -0.15) is 0 Å². The zero-order valence-corrected chi connectivity index (χ0v) is 53.4. The molecule has 464 valence electrons. The van der Waals surface area contributed by atoms with Gasteiger partial charge in [0.15, 0.2) is 6.10 Å². The number of rotatable bonds is 66. The van der Waals surface area contributed by atoms with Crippen LogP contribution in [0.1, 0.15) is 393 Å². The second-order valence-corrected chi connectivity index (χ2v) is 24.1. The van der Waals surface area contributed by atoms with Crippen molar-refractivity contribution in [2.24, 2.45) is 0 Å². The lowest BCUT2D eigenvalue weighted by molar-refractivity contribution is -0.167. The van der Waals surface area contributed by atoms with Gasteiger partial charge in [0.25, 0.3) is 0 Å². The Bertz CT molecular complexity index is 1320. The van der Waals surface area contributed by atoms with Crippen LogP contribution < -0.4 is 0 Å². The summed E-state index contributed by atoms with van der Waals surface area (Å²) >= 11 is 0. The zero-order valence-electron chi connectivity index (χ0n) is 53.4. The Labute approximate surface area is 493 Å². The van der Waals surface area contributed by atoms with Crippen molar-refractivity contribution in [1.29, 1.82) is 0 Å². The number of carbonyl (C=O) groups is 3. The van der Waals surface area contributed by atoms with Crippen LogP contribution in [0.3, 0.4) is 0 Å². The standard InChI is InChI=1S/C73H136O6/c1-4-7-10-13-16-19-22-25-27-28-29-30-31-32-33-34-35-36-37-38-39-40-41-42-43-44-45-46-47-49-51-54-57-60-63-66-72(75)78-69-70(68-77-71(74)65-62-59-56-53-50-24-21-18-15-12-9-6-3)79-73(76)67-64-61-58-55-52-48-26-23-20-17-14-11-8-5-2/h18,21-22,25,28-29,70H,4-17,19-20,23-24,26-27,30-69H2,1-3H3/b21-18-,25-22-,29-28-. The molecule has 0 bridgehead atoms. The summed E-state index contributed by atoms with van der Waals surface area (Å²) in [6.07, 6.45) is 84.8. The molecule has 0 radical (unpaired) electrons. The summed E-state index contributed by atoms with van der Waals surface area (Å²) in [6.45, 7) is 6.66. The van der Waals surface area contributed by atoms with Crippen LogP contribution in [0.25, 0.3) is 0 Å². The molecule has 0 aromatic carbocycles. The lowest BCUT2D eigenvalue weighted by Crippen LogP contribution is -2.30. The van der Waals surface area contributed by atoms with Crippen molar-refractivity contribution in [3.63, 3.8) is 0 Å². The summed E-state index contributed by atoms with van der Waals surface area (Å²) in [5, 5.41) is 0. The SMILES string of the molecule is CCCCC/C=C\CCCCCCCC(=O)OCC(COC(=O)CCCCCCCCCCCCCCCCCCCCCCCCC/C=C\C/C=C\CCCCCCC)OC(=O)CCCCCCCCCCCCCCCC. The molecule has 0 rings (SSSR count). The first-order chi connectivity index (χ1) is 39.0. The maximum Gasteiger partial charge on any atom is 0.306 e. The van der Waals surface area contributed by atoms with Crippen LogP contribution >= 0.6 is 0 Å². The molecule has 0 saturated heterocycles. The van der Waals surface area contributed by atoms with E-state index in [1.54, 1.807) is 0 Å². The molecule has 0 fully saturated rings. The van der Waals surface area contributed by atoms with E-state index in [0.717, 1.165) is 70.6 Å². The number of unbranched alkanes of at least 4 members (excludes halogenated alkanes) is 49. The van der Waals surface area contributed by atoms with E-state index in [0.29, 0.717) is 19.3 Å². The zero-order chi connectivity index (χ0) is 57.1. The van der Waals surface area contributed by atoms with Crippen LogP contribution in [-0.2, 0) is 28.6 Å². The third-order valence-electron chi connectivity index (χ3n) is 16.1. The molecule has 6 nitrogen and oxygen atoms in total. The van der Waals surface area contributed by atoms with E-state index in [1.165, 1.54) is 283 Å². The normalized spacial score (nSPS) is 12.2. The minimum atomic E-state index is -0.770. The van der Waals surface area contributed by atoms with Gasteiger partial charge < -0.3 is 14.2 Å². The van der Waals surface area contributed by atoms with Crippen molar-refractivity contribution in [3.05, 3.63) is 36.5 Å². The van der Waals surface area contributed by atoms with Gasteiger partial charge in [0.05, 0.1) is 0 Å². The molecule has 6 heteroatoms. The summed E-state index contributed by atoms with van der Waals surface area (Å²) in [7, 11) is 0. The maximum absolute atomic E-state index is 12.9. The summed E-state index contributed by atoms with van der Waals surface area (Å²) in [6, 6.07) is 0. The average molecular weight is 1110 g/mol. The van der Waals surface area contributed by atoms with Gasteiger partial charge in [-0.1, -0.05) is 333 Å². The van der Waals surface area contributed by atoms with Crippen molar-refractivity contribution in [2.45, 2.75) is 399 Å². The molecule has 79 heavy (non-hydrogen) atoms. The minimum absolute atomic E-state index is 0.0682. The van der Waals surface area contributed by atoms with Crippen LogP contribution in [0.4, 0.5) is 0 Å². The van der Waals surface area contributed by atoms with Gasteiger partial charge in [-0.05, 0) is 77.0 Å². The third-order valence-corrected chi connectivity index (χ3v) is 16.1. The second-order valence-electron chi connectivity index (χ2n) is 24.1. The first-order valence-electron chi connectivity index (χ1n) is 35.5. The topological polar surface area (TPSA) is 78.9 Å². The molecule has 0 aromatic rings. The molecule has 0 aliphatic rings. The Morgan fingerprint density at radius 2 is 0.456 bits per heavy atom. The number of carbonyl (C=O) groups excluding carboxylic acids is 3. The van der Waals surface area contributed by atoms with Crippen molar-refractivity contribution in [3.8, 4) is 0 Å². The van der Waals surface area contributed by atoms with E-state index >= 15 is 0 Å². The predicted molar refractivity (Wildman–Crippen MR) is 344 cm³/mol. The van der Waals surface area contributed by atoms with E-state index in [9.17, 15) is 14.4 Å². The molecule has 0 spiro atoms. The van der Waals surface area contributed by atoms with Gasteiger partial charge in [0.2, 0.25) is 0 Å². The lowest BCUT2D eigenvalue weighted by atomic mass is 10.0. The van der Waals surface area contributed by atoms with Crippen LogP contribution in [0.5, 0.6) is 0 Å². The molecule has 0 aliphatic carbocycles. The molecule has 0 saturated carbocycles. The Kier molecular flexibility index (Phi) is 66.1. The molecule has 0 heterocycles. The molecular formula is C73H136O6. The fourth-order valence-electron chi connectivity index (χ4n) is 10.8. The molecule has 1 atom stereocenters. The third kappa shape index (κ3) is 66.3. The highest BCUT2D eigenvalue weighted by atomic mass is 16.6. The predicted octanol–water partition coefficient (Wildman–Crippen LogP) is 24.3. The Balaban J connectivity index is 4.01. The smallest absolute Gasteiger partial charge is 0.306 e. The van der Waals surface area contributed by atoms with Gasteiger partial charge in [-0.25, -0.2) is 0 Å². The average Bonchev–Trinajstić information content (AvgIpc) is 3.45. The van der Waals surface area contributed by atoms with Gasteiger partial charge in [-0.3, -0.25) is 14.4 Å². The highest BCUT2D eigenvalue weighted by Gasteiger charge is 2.19. The Morgan fingerprint density at radius 1 is 0.253 bits per heavy atom. The highest BCUT2D eigenvalue weighted by molar-refractivity contribution is 5.71. The van der Waals surface area contributed by atoms with Gasteiger partial charge in [0, 0.05) is 19.3 Å². The van der Waals surface area contributed by atoms with E-state index in [-0.39, 0.29) is 31.1 Å². The van der Waals surface area contributed by atoms with Crippen LogP contribution in [0.2, 0.25) is 0 Å². The van der Waals surface area contributed by atoms with Crippen LogP contribution in [0.15, 0.2) is 36.5 Å². The van der Waals surface area contributed by atoms with Crippen LogP contribution in [0, 0.1) is 0 Å². The van der Waals surface area contributed by atoms with E-state index in [2.05, 4.69) is 57.2 Å². The first kappa shape index (κ1) is 76.6. The van der Waals surface area contributed by atoms with Crippen molar-refractivity contribution >= 4 is 17.9 Å². The van der Waals surface area contributed by atoms with E-state index < -0.39 is 6.10 Å². The van der Waals surface area contributed by atoms with Crippen molar-refractivity contribution in [2.75, 3.05) is 13.2 Å². The lowest BCUT2D eigenvalue weighted by Gasteiger charge is -2.18. The number of hydrogen-bond donors (Lipinski definition) is 0. The fourth-order valence-corrected chi connectivity index (χ4v) is 10.8. The summed E-state index contributed by atoms with van der Waals surface area (Å²) in [4.78, 5) is 38.3. The first-order valence-corrected chi connectivity index (χ1v) is 35.5. The molecule has 0 N–H and O–H groups in total. The number of hydrogen-bond acceptors (Lipinski definition) is 6. The Morgan fingerprint density at radius 3 is 0.734 bits per heavy atom. The van der Waals surface area contributed by atoms with Gasteiger partial charge in [-0.15, -0.1) is 0 Å². The summed E-state index contributed by atoms with van der Waals surface area (Å²) in [5.41, 5.74) is 0. The number of allylic oxidation sites excluding steroid dienone is 6. The fraction of sp³-hybridized carbons (Fsp3) is 0.877. The molecular weight excluding hydrogens is 973 g/mol. The molecule has 0 amide bonds. The molecule has 1 unspecified atom stereocenters. The molecule has 0 aliphatic heterocycles. The summed E-state index contributed by atoms with van der Waals surface area (Å²) in [5.74, 6) is -0.851. The van der Waals surface area contributed by atoms with Crippen molar-refractivity contribution < 1.29 is 28.6 Å². The molecule has 0 aromatic heterocycles. The van der Waals surface area contributed by atoms with Gasteiger partial charge >= 0.3 is 17.9 Å². The van der Waals surface area contributed by atoms with Gasteiger partial charge in [0.1, 0.15) is 13.2 Å². The van der Waals surface area contributed by atoms with Crippen molar-refractivity contribution in [1.82, 2.24) is 0 Å². The monoisotopic (exact) mass is 1110 g/mol. The quantitative estimate of drug-likeness (QED) is 0.0261. The second kappa shape index (κ2) is 68.1. The Hall–Kier alpha value is -2.37. The number of ether oxygens (including phenoxy) is 3. The highest BCUT2D eigenvalue weighted by Crippen LogP contribution is 2.19. The maximum atomic E-state index is 12.9. The largest absolute Gasteiger partial charge is 0.462 e. The van der Waals surface area contributed by atoms with Crippen LogP contribution in [-0.4, -0.2) is 37.2 Å². The minimum Gasteiger partial charge on any atom is -0.462 e. The summed E-state index contributed by atoms with van der Waals surface area (Å²) < 4.78 is 16.9. The van der Waals surface area contributed by atoms with E-state index in [1.807, 2.05) is 0 Å². The van der Waals surface area contributed by atoms with E-state index in [4.69, 9.17) is 14.2 Å².